The number of rotatable bonds is 3. The standard InChI is InChI=1S/C12H15N5O3/c1-20-11(19)9-3-2-4-16(9)6-8-5-10(18)17-12(15-8)13-7-14-17/h5,7,9H,2-4,6H2,1H3,(H,13,14,15). The lowest BCUT2D eigenvalue weighted by Crippen LogP contribution is -2.36. The number of nitrogens with one attached hydrogen (secondary N) is 1. The van der Waals surface area contributed by atoms with Gasteiger partial charge in [0.2, 0.25) is 0 Å². The second kappa shape index (κ2) is 5.04. The third-order valence-corrected chi connectivity index (χ3v) is 3.52. The molecule has 0 radical (unpaired) electrons. The second-order valence-electron chi connectivity index (χ2n) is 4.76. The lowest BCUT2D eigenvalue weighted by molar-refractivity contribution is -0.146. The van der Waals surface area contributed by atoms with E-state index in [1.807, 2.05) is 4.90 Å². The fraction of sp³-hybridized carbons (Fsp3) is 0.500. The summed E-state index contributed by atoms with van der Waals surface area (Å²) in [5.41, 5.74) is 0.397. The summed E-state index contributed by atoms with van der Waals surface area (Å²) in [6, 6.07) is 1.21. The smallest absolute Gasteiger partial charge is 0.323 e. The van der Waals surface area contributed by atoms with Gasteiger partial charge in [0.15, 0.2) is 0 Å². The Hall–Kier alpha value is -2.22. The maximum Gasteiger partial charge on any atom is 0.323 e. The average Bonchev–Trinajstić information content (AvgIpc) is 3.07. The molecule has 1 aliphatic heterocycles. The van der Waals surface area contributed by atoms with Gasteiger partial charge in [0, 0.05) is 12.6 Å². The van der Waals surface area contributed by atoms with Gasteiger partial charge < -0.3 is 4.74 Å². The number of carbonyl (C=O) groups is 1. The number of ether oxygens (including phenoxy) is 1. The number of aromatic nitrogens is 4. The van der Waals surface area contributed by atoms with Crippen molar-refractivity contribution in [3.05, 3.63) is 28.4 Å². The first-order valence-electron chi connectivity index (χ1n) is 6.43. The van der Waals surface area contributed by atoms with Crippen LogP contribution in [-0.4, -0.2) is 50.1 Å². The molecular weight excluding hydrogens is 262 g/mol. The van der Waals surface area contributed by atoms with Gasteiger partial charge in [0.1, 0.15) is 12.4 Å². The van der Waals surface area contributed by atoms with E-state index in [-0.39, 0.29) is 17.6 Å². The Morgan fingerprint density at radius 3 is 3.25 bits per heavy atom. The summed E-state index contributed by atoms with van der Waals surface area (Å²) in [5.74, 6) is 0.0985. The fourth-order valence-electron chi connectivity index (χ4n) is 2.58. The molecule has 1 atom stereocenters. The molecule has 1 saturated heterocycles. The lowest BCUT2D eigenvalue weighted by atomic mass is 10.2. The number of hydrogen-bond donors (Lipinski definition) is 1. The highest BCUT2D eigenvalue weighted by Gasteiger charge is 2.31. The third kappa shape index (κ3) is 2.18. The van der Waals surface area contributed by atoms with Crippen molar-refractivity contribution in [1.29, 1.82) is 0 Å². The van der Waals surface area contributed by atoms with Crippen LogP contribution in [0.5, 0.6) is 0 Å². The highest BCUT2D eigenvalue weighted by molar-refractivity contribution is 5.75. The first-order chi connectivity index (χ1) is 9.69. The van der Waals surface area contributed by atoms with Gasteiger partial charge >= 0.3 is 5.97 Å². The number of aromatic amines is 1. The van der Waals surface area contributed by atoms with Crippen LogP contribution in [0, 0.1) is 0 Å². The van der Waals surface area contributed by atoms with E-state index < -0.39 is 0 Å². The molecule has 0 bridgehead atoms. The van der Waals surface area contributed by atoms with Gasteiger partial charge in [-0.05, 0) is 19.4 Å². The Morgan fingerprint density at radius 2 is 2.45 bits per heavy atom. The highest BCUT2D eigenvalue weighted by atomic mass is 16.5. The zero-order chi connectivity index (χ0) is 14.1. The molecule has 106 valence electrons. The van der Waals surface area contributed by atoms with E-state index in [0.717, 1.165) is 19.4 Å². The number of nitrogens with zero attached hydrogens (tertiary/aromatic N) is 4. The van der Waals surface area contributed by atoms with Crippen molar-refractivity contribution in [2.24, 2.45) is 0 Å². The number of likely N-dealkylation sites (tertiary alicyclic amines) is 1. The Bertz CT molecular complexity index is 692. The minimum absolute atomic E-state index is 0.212. The zero-order valence-corrected chi connectivity index (χ0v) is 11.1. The number of fused-ring (bicyclic) bond motifs is 1. The Balaban J connectivity index is 1.85. The molecule has 8 nitrogen and oxygen atoms in total. The normalized spacial score (nSPS) is 19.6. The number of hydrogen-bond acceptors (Lipinski definition) is 6. The summed E-state index contributed by atoms with van der Waals surface area (Å²) in [4.78, 5) is 33.8. The van der Waals surface area contributed by atoms with Crippen molar-refractivity contribution in [2.75, 3.05) is 13.7 Å². The molecular formula is C12H15N5O3. The van der Waals surface area contributed by atoms with Crippen molar-refractivity contribution in [3.8, 4) is 0 Å². The van der Waals surface area contributed by atoms with E-state index in [1.54, 1.807) is 0 Å². The lowest BCUT2D eigenvalue weighted by Gasteiger charge is -2.21. The summed E-state index contributed by atoms with van der Waals surface area (Å²) in [6.07, 6.45) is 3.13. The summed E-state index contributed by atoms with van der Waals surface area (Å²) < 4.78 is 6.07. The van der Waals surface area contributed by atoms with Crippen molar-refractivity contribution >= 4 is 11.7 Å². The molecule has 1 unspecified atom stereocenters. The number of esters is 1. The first kappa shape index (κ1) is 12.8. The quantitative estimate of drug-likeness (QED) is 0.764. The predicted octanol–water partition coefficient (Wildman–Crippen LogP) is -0.445. The maximum atomic E-state index is 11.8. The monoisotopic (exact) mass is 277 g/mol. The van der Waals surface area contributed by atoms with Gasteiger partial charge in [0.25, 0.3) is 11.3 Å². The number of H-pyrrole nitrogens is 1. The molecule has 3 rings (SSSR count). The van der Waals surface area contributed by atoms with E-state index >= 15 is 0 Å². The van der Waals surface area contributed by atoms with Crippen molar-refractivity contribution in [2.45, 2.75) is 25.4 Å². The van der Waals surface area contributed by atoms with Gasteiger partial charge in [-0.3, -0.25) is 19.6 Å². The number of methoxy groups -OCH3 is 1. The average molecular weight is 277 g/mol. The molecule has 3 heterocycles. The van der Waals surface area contributed by atoms with Crippen LogP contribution in [0.15, 0.2) is 17.2 Å². The fourth-order valence-corrected chi connectivity index (χ4v) is 2.58. The van der Waals surface area contributed by atoms with Gasteiger partial charge in [-0.15, -0.1) is 0 Å². The van der Waals surface area contributed by atoms with Crippen molar-refractivity contribution in [1.82, 2.24) is 24.5 Å². The van der Waals surface area contributed by atoms with Crippen LogP contribution < -0.4 is 5.56 Å². The maximum absolute atomic E-state index is 11.8. The molecule has 8 heteroatoms. The Kier molecular flexibility index (Phi) is 3.23. The molecule has 0 spiro atoms. The molecule has 0 amide bonds. The third-order valence-electron chi connectivity index (χ3n) is 3.52. The van der Waals surface area contributed by atoms with Crippen LogP contribution >= 0.6 is 0 Å². The van der Waals surface area contributed by atoms with E-state index in [1.165, 1.54) is 24.0 Å². The molecule has 1 N–H and O–H groups in total. The molecule has 2 aromatic rings. The molecule has 1 fully saturated rings. The van der Waals surface area contributed by atoms with Crippen molar-refractivity contribution < 1.29 is 9.53 Å². The topological polar surface area (TPSA) is 92.6 Å². The summed E-state index contributed by atoms with van der Waals surface area (Å²) in [5, 5.41) is 2.69. The van der Waals surface area contributed by atoms with Gasteiger partial charge in [-0.1, -0.05) is 0 Å². The van der Waals surface area contributed by atoms with Crippen LogP contribution in [-0.2, 0) is 16.1 Å². The zero-order valence-electron chi connectivity index (χ0n) is 11.1. The Labute approximate surface area is 114 Å². The molecule has 1 aliphatic rings. The van der Waals surface area contributed by atoms with Crippen LogP contribution in [0.1, 0.15) is 18.5 Å². The van der Waals surface area contributed by atoms with Gasteiger partial charge in [0.05, 0.1) is 12.8 Å². The van der Waals surface area contributed by atoms with Crippen molar-refractivity contribution in [3.63, 3.8) is 0 Å². The SMILES string of the molecule is COC(=O)C1CCCN1Cc1cc(=O)n2[nH]cnc2n1. The molecule has 0 saturated carbocycles. The largest absolute Gasteiger partial charge is 0.468 e. The highest BCUT2D eigenvalue weighted by Crippen LogP contribution is 2.20. The first-order valence-corrected chi connectivity index (χ1v) is 6.43. The van der Waals surface area contributed by atoms with E-state index in [4.69, 9.17) is 4.74 Å². The summed E-state index contributed by atoms with van der Waals surface area (Å²) in [6.45, 7) is 1.24. The molecule has 2 aromatic heterocycles. The van der Waals surface area contributed by atoms with Gasteiger partial charge in [-0.2, -0.15) is 4.52 Å². The number of carbonyl (C=O) groups excluding carboxylic acids is 1. The van der Waals surface area contributed by atoms with Crippen LogP contribution in [0.4, 0.5) is 0 Å². The predicted molar refractivity (Wildman–Crippen MR) is 69.1 cm³/mol. The Morgan fingerprint density at radius 1 is 1.60 bits per heavy atom. The van der Waals surface area contributed by atoms with Crippen LogP contribution in [0.2, 0.25) is 0 Å². The molecule has 0 aromatic carbocycles. The molecule has 20 heavy (non-hydrogen) atoms. The van der Waals surface area contributed by atoms with E-state index in [9.17, 15) is 9.59 Å². The van der Waals surface area contributed by atoms with Crippen LogP contribution in [0.25, 0.3) is 5.78 Å². The minimum Gasteiger partial charge on any atom is -0.468 e. The molecule has 0 aliphatic carbocycles. The van der Waals surface area contributed by atoms with Gasteiger partial charge in [-0.25, -0.2) is 9.97 Å². The van der Waals surface area contributed by atoms with E-state index in [0.29, 0.717) is 18.0 Å². The van der Waals surface area contributed by atoms with E-state index in [2.05, 4.69) is 15.1 Å². The van der Waals surface area contributed by atoms with Crippen LogP contribution in [0.3, 0.4) is 0 Å². The summed E-state index contributed by atoms with van der Waals surface area (Å²) in [7, 11) is 1.39. The second-order valence-corrected chi connectivity index (χ2v) is 4.76. The summed E-state index contributed by atoms with van der Waals surface area (Å²) >= 11 is 0. The minimum atomic E-state index is -0.251.